The monoisotopic (exact) mass is 298 g/mol. The van der Waals surface area contributed by atoms with Gasteiger partial charge >= 0.3 is 0 Å². The van der Waals surface area contributed by atoms with Gasteiger partial charge in [-0.3, -0.25) is 0 Å². The maximum Gasteiger partial charge on any atom is 0.225 e. The summed E-state index contributed by atoms with van der Waals surface area (Å²) in [6.07, 6.45) is 7.33. The fourth-order valence-electron chi connectivity index (χ4n) is 2.20. The van der Waals surface area contributed by atoms with Crippen LogP contribution in [0.15, 0.2) is 18.5 Å². The number of piperazine rings is 1. The summed E-state index contributed by atoms with van der Waals surface area (Å²) < 4.78 is 0. The van der Waals surface area contributed by atoms with Gasteiger partial charge in [0.2, 0.25) is 5.95 Å². The molecule has 4 nitrogen and oxygen atoms in total. The predicted molar refractivity (Wildman–Crippen MR) is 73.7 cm³/mol. The Hall–Kier alpha value is -0.680. The average molecular weight is 299 g/mol. The van der Waals surface area contributed by atoms with Crippen molar-refractivity contribution in [2.45, 2.75) is 25.3 Å². The van der Waals surface area contributed by atoms with Gasteiger partial charge in [0.1, 0.15) is 0 Å². The SMILES string of the molecule is BrCCCCC1CNCCN1c1ncccn1. The first kappa shape index (κ1) is 12.8. The molecule has 1 fully saturated rings. The fraction of sp³-hybridized carbons (Fsp3) is 0.667. The maximum absolute atomic E-state index is 4.36. The first-order valence-corrected chi connectivity index (χ1v) is 7.34. The quantitative estimate of drug-likeness (QED) is 0.665. The highest BCUT2D eigenvalue weighted by Crippen LogP contribution is 2.16. The van der Waals surface area contributed by atoms with Crippen LogP contribution in [0.1, 0.15) is 19.3 Å². The minimum Gasteiger partial charge on any atom is -0.335 e. The number of rotatable bonds is 5. The fourth-order valence-corrected chi connectivity index (χ4v) is 2.59. The molecule has 1 N–H and O–H groups in total. The van der Waals surface area contributed by atoms with E-state index >= 15 is 0 Å². The molecule has 2 heterocycles. The zero-order chi connectivity index (χ0) is 11.9. The second kappa shape index (κ2) is 6.91. The second-order valence-electron chi connectivity index (χ2n) is 4.28. The highest BCUT2D eigenvalue weighted by molar-refractivity contribution is 9.09. The molecule has 0 bridgehead atoms. The van der Waals surface area contributed by atoms with Crippen molar-refractivity contribution in [3.63, 3.8) is 0 Å². The van der Waals surface area contributed by atoms with Gasteiger partial charge in [0.15, 0.2) is 0 Å². The number of anilines is 1. The molecule has 0 aliphatic carbocycles. The van der Waals surface area contributed by atoms with E-state index in [-0.39, 0.29) is 0 Å². The Labute approximate surface area is 111 Å². The number of hydrogen-bond acceptors (Lipinski definition) is 4. The summed E-state index contributed by atoms with van der Waals surface area (Å²) in [4.78, 5) is 11.1. The van der Waals surface area contributed by atoms with E-state index in [1.165, 1.54) is 19.3 Å². The molecule has 0 amide bonds. The lowest BCUT2D eigenvalue weighted by molar-refractivity contribution is 0.437. The van der Waals surface area contributed by atoms with Crippen LogP contribution in [-0.2, 0) is 0 Å². The molecule has 5 heteroatoms. The van der Waals surface area contributed by atoms with Crippen molar-refractivity contribution in [2.24, 2.45) is 0 Å². The normalized spacial score (nSPS) is 20.5. The molecule has 17 heavy (non-hydrogen) atoms. The van der Waals surface area contributed by atoms with Gasteiger partial charge in [-0.15, -0.1) is 0 Å². The molecule has 1 aromatic rings. The Morgan fingerprint density at radius 2 is 2.18 bits per heavy atom. The number of alkyl halides is 1. The standard InChI is InChI=1S/C12H19BrN4/c13-5-2-1-4-11-10-14-8-9-17(11)12-15-6-3-7-16-12/h3,6-7,11,14H,1-2,4-5,8-10H2. The van der Waals surface area contributed by atoms with Crippen LogP contribution in [0.5, 0.6) is 0 Å². The molecule has 94 valence electrons. The smallest absolute Gasteiger partial charge is 0.225 e. The van der Waals surface area contributed by atoms with E-state index in [9.17, 15) is 0 Å². The van der Waals surface area contributed by atoms with Crippen molar-refractivity contribution in [3.8, 4) is 0 Å². The summed E-state index contributed by atoms with van der Waals surface area (Å²) in [5.41, 5.74) is 0. The average Bonchev–Trinajstić information content (AvgIpc) is 2.41. The Morgan fingerprint density at radius 1 is 1.35 bits per heavy atom. The summed E-state index contributed by atoms with van der Waals surface area (Å²) in [5, 5.41) is 4.54. The summed E-state index contributed by atoms with van der Waals surface area (Å²) in [6.45, 7) is 3.07. The Balaban J connectivity index is 1.97. The van der Waals surface area contributed by atoms with Crippen LogP contribution in [0, 0.1) is 0 Å². The minimum atomic E-state index is 0.533. The van der Waals surface area contributed by atoms with E-state index in [0.717, 1.165) is 30.9 Å². The maximum atomic E-state index is 4.36. The summed E-state index contributed by atoms with van der Waals surface area (Å²) in [6, 6.07) is 2.40. The number of hydrogen-bond donors (Lipinski definition) is 1. The van der Waals surface area contributed by atoms with Gasteiger partial charge in [-0.05, 0) is 18.9 Å². The van der Waals surface area contributed by atoms with Crippen LogP contribution in [0.3, 0.4) is 0 Å². The summed E-state index contributed by atoms with van der Waals surface area (Å²) >= 11 is 3.48. The molecule has 1 unspecified atom stereocenters. The molecule has 1 aliphatic heterocycles. The third-order valence-electron chi connectivity index (χ3n) is 3.08. The lowest BCUT2D eigenvalue weighted by atomic mass is 10.1. The molecule has 1 aliphatic rings. The number of aromatic nitrogens is 2. The highest BCUT2D eigenvalue weighted by atomic mass is 79.9. The van der Waals surface area contributed by atoms with Crippen LogP contribution in [0.2, 0.25) is 0 Å². The van der Waals surface area contributed by atoms with Crippen LogP contribution < -0.4 is 10.2 Å². The Bertz CT molecular complexity index is 320. The zero-order valence-electron chi connectivity index (χ0n) is 9.98. The largest absolute Gasteiger partial charge is 0.335 e. The first-order chi connectivity index (χ1) is 8.42. The van der Waals surface area contributed by atoms with E-state index < -0.39 is 0 Å². The third-order valence-corrected chi connectivity index (χ3v) is 3.64. The van der Waals surface area contributed by atoms with E-state index in [0.29, 0.717) is 6.04 Å². The van der Waals surface area contributed by atoms with E-state index in [1.54, 1.807) is 0 Å². The van der Waals surface area contributed by atoms with Crippen LogP contribution in [0.25, 0.3) is 0 Å². The summed E-state index contributed by atoms with van der Waals surface area (Å²) in [5.74, 6) is 0.873. The van der Waals surface area contributed by atoms with Crippen molar-refractivity contribution in [1.82, 2.24) is 15.3 Å². The predicted octanol–water partition coefficient (Wildman–Crippen LogP) is 1.82. The molecule has 0 aromatic carbocycles. The number of nitrogens with one attached hydrogen (secondary N) is 1. The highest BCUT2D eigenvalue weighted by Gasteiger charge is 2.23. The molecule has 0 spiro atoms. The van der Waals surface area contributed by atoms with Gasteiger partial charge in [0.05, 0.1) is 0 Å². The van der Waals surface area contributed by atoms with E-state index in [1.807, 2.05) is 18.5 Å². The van der Waals surface area contributed by atoms with Crippen molar-refractivity contribution in [2.75, 3.05) is 29.9 Å². The number of halogens is 1. The Kier molecular flexibility index (Phi) is 5.19. The molecule has 1 aromatic heterocycles. The second-order valence-corrected chi connectivity index (χ2v) is 5.08. The van der Waals surface area contributed by atoms with Gasteiger partial charge in [-0.25, -0.2) is 9.97 Å². The van der Waals surface area contributed by atoms with Crippen molar-refractivity contribution in [1.29, 1.82) is 0 Å². The van der Waals surface area contributed by atoms with Gasteiger partial charge < -0.3 is 10.2 Å². The Morgan fingerprint density at radius 3 is 2.94 bits per heavy atom. The van der Waals surface area contributed by atoms with Crippen LogP contribution >= 0.6 is 15.9 Å². The lowest BCUT2D eigenvalue weighted by Crippen LogP contribution is -2.52. The number of nitrogens with zero attached hydrogens (tertiary/aromatic N) is 3. The van der Waals surface area contributed by atoms with Crippen molar-refractivity contribution >= 4 is 21.9 Å². The molecule has 0 radical (unpaired) electrons. The molecular weight excluding hydrogens is 280 g/mol. The van der Waals surface area contributed by atoms with Crippen LogP contribution in [-0.4, -0.2) is 41.0 Å². The van der Waals surface area contributed by atoms with E-state index in [2.05, 4.69) is 36.1 Å². The van der Waals surface area contributed by atoms with Crippen LogP contribution in [0.4, 0.5) is 5.95 Å². The van der Waals surface area contributed by atoms with Crippen molar-refractivity contribution < 1.29 is 0 Å². The van der Waals surface area contributed by atoms with Crippen molar-refractivity contribution in [3.05, 3.63) is 18.5 Å². The topological polar surface area (TPSA) is 41.0 Å². The van der Waals surface area contributed by atoms with Gasteiger partial charge in [-0.1, -0.05) is 22.4 Å². The zero-order valence-corrected chi connectivity index (χ0v) is 11.6. The third kappa shape index (κ3) is 3.64. The minimum absolute atomic E-state index is 0.533. The lowest BCUT2D eigenvalue weighted by Gasteiger charge is -2.36. The van der Waals surface area contributed by atoms with Gasteiger partial charge in [0, 0.05) is 43.4 Å². The first-order valence-electron chi connectivity index (χ1n) is 6.22. The molecule has 1 saturated heterocycles. The molecule has 0 saturated carbocycles. The number of unbranched alkanes of at least 4 members (excludes halogenated alkanes) is 1. The molecular formula is C12H19BrN4. The van der Waals surface area contributed by atoms with Gasteiger partial charge in [-0.2, -0.15) is 0 Å². The molecule has 2 rings (SSSR count). The van der Waals surface area contributed by atoms with Gasteiger partial charge in [0.25, 0.3) is 0 Å². The van der Waals surface area contributed by atoms with E-state index in [4.69, 9.17) is 0 Å². The molecule has 1 atom stereocenters. The summed E-state index contributed by atoms with van der Waals surface area (Å²) in [7, 11) is 0.